The minimum atomic E-state index is -2.96. The van der Waals surface area contributed by atoms with E-state index in [1.165, 1.54) is 31.9 Å². The molecule has 4 nitrogen and oxygen atoms in total. The Labute approximate surface area is 297 Å². The summed E-state index contributed by atoms with van der Waals surface area (Å²) in [4.78, 5) is 5.14. The highest BCUT2D eigenvalue weighted by Gasteiger charge is 2.46. The van der Waals surface area contributed by atoms with Gasteiger partial charge in [0.05, 0.1) is 22.1 Å². The van der Waals surface area contributed by atoms with Crippen LogP contribution in [0.3, 0.4) is 0 Å². The Bertz CT molecular complexity index is 2710. The Morgan fingerprint density at radius 3 is 1.80 bits per heavy atom. The van der Waals surface area contributed by atoms with Crippen molar-refractivity contribution in [3.05, 3.63) is 187 Å². The highest BCUT2D eigenvalue weighted by atomic mass is 28.3. The van der Waals surface area contributed by atoms with Crippen molar-refractivity contribution in [2.75, 3.05) is 0 Å². The van der Waals surface area contributed by atoms with Gasteiger partial charge >= 0.3 is 0 Å². The molecule has 1 aliphatic heterocycles. The molecule has 9 aromatic rings. The molecule has 244 valence electrons. The molecule has 0 amide bonds. The Kier molecular flexibility index (Phi) is 6.51. The number of aromatic nitrogens is 3. The summed E-state index contributed by atoms with van der Waals surface area (Å²) in [6.07, 6.45) is 0. The zero-order valence-corrected chi connectivity index (χ0v) is 29.5. The summed E-state index contributed by atoms with van der Waals surface area (Å²) < 4.78 is 11.6. The number of ether oxygens (including phenoxy) is 1. The number of para-hydroxylation sites is 6. The molecule has 0 fully saturated rings. The van der Waals surface area contributed by atoms with Gasteiger partial charge in [0.2, 0.25) is 5.78 Å². The SMILES string of the molecule is CC1(C)c2ccccc2Oc2c1cccc2[Si](c1ccccc1)(c1ccccc1)c1ccc(-n2c3ccccc3n3c4ccccc4nc23)cc1. The standard InChI is InChI=1S/C46H35N3OSi/c1-46(2)36-20-9-14-26-42(36)50-44-37(46)21-15-27-43(44)51(33-16-5-3-6-17-33,34-18-7-4-8-19-34)35-30-28-32(29-31-35)48-40-24-12-13-25-41(40)49-39-23-11-10-22-38(39)47-45(48)49/h3-31H,1-2H3. The summed E-state index contributed by atoms with van der Waals surface area (Å²) in [6.45, 7) is 4.64. The van der Waals surface area contributed by atoms with Crippen LogP contribution in [0.2, 0.25) is 0 Å². The third-order valence-corrected chi connectivity index (χ3v) is 15.7. The maximum atomic E-state index is 7.04. The maximum Gasteiger partial charge on any atom is 0.220 e. The smallest absolute Gasteiger partial charge is 0.220 e. The topological polar surface area (TPSA) is 31.5 Å². The normalized spacial score (nSPS) is 13.6. The van der Waals surface area contributed by atoms with Crippen LogP contribution < -0.4 is 25.5 Å². The summed E-state index contributed by atoms with van der Waals surface area (Å²) >= 11 is 0. The third-order valence-electron chi connectivity index (χ3n) is 10.9. The molecule has 1 aliphatic rings. The second-order valence-corrected chi connectivity index (χ2v) is 17.8. The predicted octanol–water partition coefficient (Wildman–Crippen LogP) is 8.24. The number of fused-ring (bicyclic) bond motifs is 7. The lowest BCUT2D eigenvalue weighted by atomic mass is 9.76. The molecule has 0 atom stereocenters. The molecular formula is C46H35N3OSi. The third kappa shape index (κ3) is 4.22. The zero-order chi connectivity index (χ0) is 34.2. The molecule has 10 rings (SSSR count). The summed E-state index contributed by atoms with van der Waals surface area (Å²) in [5, 5.41) is 5.16. The van der Waals surface area contributed by atoms with E-state index >= 15 is 0 Å². The summed E-state index contributed by atoms with van der Waals surface area (Å²) in [5.74, 6) is 2.82. The molecule has 7 aromatic carbocycles. The number of benzene rings is 7. The van der Waals surface area contributed by atoms with Gasteiger partial charge in [-0.1, -0.05) is 147 Å². The maximum absolute atomic E-state index is 7.04. The van der Waals surface area contributed by atoms with Crippen molar-refractivity contribution in [3.8, 4) is 17.2 Å². The van der Waals surface area contributed by atoms with E-state index in [4.69, 9.17) is 9.72 Å². The van der Waals surface area contributed by atoms with Gasteiger partial charge in [0, 0.05) is 22.2 Å². The van der Waals surface area contributed by atoms with Crippen LogP contribution in [-0.4, -0.2) is 22.0 Å². The monoisotopic (exact) mass is 673 g/mol. The van der Waals surface area contributed by atoms with Crippen molar-refractivity contribution in [2.24, 2.45) is 0 Å². The molecule has 0 saturated heterocycles. The van der Waals surface area contributed by atoms with E-state index in [1.54, 1.807) is 0 Å². The average Bonchev–Trinajstić information content (AvgIpc) is 3.71. The van der Waals surface area contributed by atoms with Gasteiger partial charge in [-0.3, -0.25) is 8.97 Å². The fraction of sp³-hybridized carbons (Fsp3) is 0.0652. The number of hydrogen-bond donors (Lipinski definition) is 0. The first kappa shape index (κ1) is 29.7. The number of imidazole rings is 2. The second kappa shape index (κ2) is 11.2. The van der Waals surface area contributed by atoms with Gasteiger partial charge in [0.1, 0.15) is 11.5 Å². The van der Waals surface area contributed by atoms with Crippen molar-refractivity contribution in [1.29, 1.82) is 0 Å². The van der Waals surface area contributed by atoms with Crippen molar-refractivity contribution in [2.45, 2.75) is 19.3 Å². The lowest BCUT2D eigenvalue weighted by molar-refractivity contribution is 0.421. The van der Waals surface area contributed by atoms with Crippen LogP contribution in [0.15, 0.2) is 176 Å². The molecular weight excluding hydrogens is 639 g/mol. The average molecular weight is 674 g/mol. The van der Waals surface area contributed by atoms with E-state index in [0.717, 1.165) is 45.0 Å². The van der Waals surface area contributed by atoms with Crippen molar-refractivity contribution < 1.29 is 4.74 Å². The first-order valence-corrected chi connectivity index (χ1v) is 19.6. The predicted molar refractivity (Wildman–Crippen MR) is 212 cm³/mol. The highest BCUT2D eigenvalue weighted by Crippen LogP contribution is 2.47. The van der Waals surface area contributed by atoms with Crippen LogP contribution >= 0.6 is 0 Å². The number of rotatable bonds is 5. The molecule has 0 N–H and O–H groups in total. The van der Waals surface area contributed by atoms with Gasteiger partial charge in [-0.15, -0.1) is 0 Å². The largest absolute Gasteiger partial charge is 0.457 e. The lowest BCUT2D eigenvalue weighted by Gasteiger charge is -2.40. The van der Waals surface area contributed by atoms with Gasteiger partial charge in [-0.2, -0.15) is 0 Å². The molecule has 51 heavy (non-hydrogen) atoms. The minimum Gasteiger partial charge on any atom is -0.457 e. The molecule has 3 heterocycles. The first-order valence-electron chi connectivity index (χ1n) is 17.6. The van der Waals surface area contributed by atoms with Crippen molar-refractivity contribution >= 4 is 56.7 Å². The quantitative estimate of drug-likeness (QED) is 0.136. The molecule has 0 bridgehead atoms. The van der Waals surface area contributed by atoms with Gasteiger partial charge in [-0.05, 0) is 63.2 Å². The van der Waals surface area contributed by atoms with Crippen LogP contribution in [0.1, 0.15) is 25.0 Å². The molecule has 5 heteroatoms. The molecule has 0 radical (unpaired) electrons. The zero-order valence-electron chi connectivity index (χ0n) is 28.5. The molecule has 2 aromatic heterocycles. The lowest BCUT2D eigenvalue weighted by Crippen LogP contribution is -2.75. The Hall–Kier alpha value is -6.17. The molecule has 0 aliphatic carbocycles. The van der Waals surface area contributed by atoms with Crippen LogP contribution in [0.25, 0.3) is 33.5 Å². The Morgan fingerprint density at radius 2 is 1.08 bits per heavy atom. The van der Waals surface area contributed by atoms with Crippen LogP contribution in [0.4, 0.5) is 0 Å². The fourth-order valence-electron chi connectivity index (χ4n) is 8.57. The van der Waals surface area contributed by atoms with E-state index < -0.39 is 8.07 Å². The van der Waals surface area contributed by atoms with Gasteiger partial charge in [0.25, 0.3) is 0 Å². The van der Waals surface area contributed by atoms with E-state index in [2.05, 4.69) is 199 Å². The number of hydrogen-bond acceptors (Lipinski definition) is 2. The van der Waals surface area contributed by atoms with Crippen LogP contribution in [0.5, 0.6) is 11.5 Å². The summed E-state index contributed by atoms with van der Waals surface area (Å²) in [6, 6.07) is 63.7. The second-order valence-electron chi connectivity index (χ2n) is 14.0. The Morgan fingerprint density at radius 1 is 0.510 bits per heavy atom. The number of nitrogens with zero attached hydrogens (tertiary/aromatic N) is 3. The molecule has 0 unspecified atom stereocenters. The van der Waals surface area contributed by atoms with Gasteiger partial charge in [-0.25, -0.2) is 4.98 Å². The van der Waals surface area contributed by atoms with E-state index in [1.807, 2.05) is 0 Å². The molecule has 0 saturated carbocycles. The van der Waals surface area contributed by atoms with Gasteiger partial charge in [0.15, 0.2) is 8.07 Å². The summed E-state index contributed by atoms with van der Waals surface area (Å²) in [7, 11) is -2.96. The van der Waals surface area contributed by atoms with Gasteiger partial charge < -0.3 is 4.74 Å². The van der Waals surface area contributed by atoms with Crippen molar-refractivity contribution in [1.82, 2.24) is 14.0 Å². The van der Waals surface area contributed by atoms with E-state index in [-0.39, 0.29) is 5.41 Å². The Balaban J connectivity index is 1.25. The minimum absolute atomic E-state index is 0.230. The molecule has 0 spiro atoms. The van der Waals surface area contributed by atoms with Crippen LogP contribution in [0, 0.1) is 0 Å². The van der Waals surface area contributed by atoms with Crippen LogP contribution in [-0.2, 0) is 5.41 Å². The van der Waals surface area contributed by atoms with E-state index in [9.17, 15) is 0 Å². The van der Waals surface area contributed by atoms with E-state index in [0.29, 0.717) is 0 Å². The highest BCUT2D eigenvalue weighted by molar-refractivity contribution is 7.20. The summed E-state index contributed by atoms with van der Waals surface area (Å²) in [5.41, 5.74) is 7.63. The first-order chi connectivity index (χ1) is 25.1. The van der Waals surface area contributed by atoms with Crippen molar-refractivity contribution in [3.63, 3.8) is 0 Å². The fourth-order valence-corrected chi connectivity index (χ4v) is 13.4.